The van der Waals surface area contributed by atoms with Crippen LogP contribution < -0.4 is 25.6 Å². The SMILES string of the molecule is C=CC(=O)Nc1cccc(Nc2nc(Nc3ccc(N4CCN(C(C)=O)CC4)cc3OC)ncc2Br)c1. The molecule has 0 atom stereocenters. The average Bonchev–Trinajstić information content (AvgIpc) is 2.91. The number of halogens is 1. The minimum absolute atomic E-state index is 0.104. The van der Waals surface area contributed by atoms with Gasteiger partial charge in [-0.05, 0) is 52.3 Å². The highest BCUT2D eigenvalue weighted by atomic mass is 79.9. The number of amides is 2. The fourth-order valence-electron chi connectivity index (χ4n) is 3.90. The van der Waals surface area contributed by atoms with Crippen molar-refractivity contribution in [2.24, 2.45) is 0 Å². The van der Waals surface area contributed by atoms with Crippen LogP contribution >= 0.6 is 15.9 Å². The highest BCUT2D eigenvalue weighted by Gasteiger charge is 2.20. The number of nitrogens with one attached hydrogen (secondary N) is 3. The van der Waals surface area contributed by atoms with Gasteiger partial charge in [0.1, 0.15) is 11.6 Å². The maximum absolute atomic E-state index is 11.6. The molecular formula is C26H28BrN7O3. The Kier molecular flexibility index (Phi) is 8.24. The molecule has 192 valence electrons. The topological polar surface area (TPSA) is 112 Å². The third kappa shape index (κ3) is 6.56. The van der Waals surface area contributed by atoms with Gasteiger partial charge in [0.2, 0.25) is 17.8 Å². The van der Waals surface area contributed by atoms with Gasteiger partial charge in [-0.3, -0.25) is 9.59 Å². The Balaban J connectivity index is 1.48. The molecule has 2 heterocycles. The molecular weight excluding hydrogens is 538 g/mol. The van der Waals surface area contributed by atoms with Crippen molar-refractivity contribution in [1.29, 1.82) is 0 Å². The van der Waals surface area contributed by atoms with Gasteiger partial charge in [-0.1, -0.05) is 12.6 Å². The Morgan fingerprint density at radius 1 is 1.08 bits per heavy atom. The number of methoxy groups -OCH3 is 1. The first-order valence-electron chi connectivity index (χ1n) is 11.6. The summed E-state index contributed by atoms with van der Waals surface area (Å²) in [6, 6.07) is 13.2. The fourth-order valence-corrected chi connectivity index (χ4v) is 4.19. The lowest BCUT2D eigenvalue weighted by molar-refractivity contribution is -0.129. The van der Waals surface area contributed by atoms with Crippen LogP contribution in [-0.2, 0) is 9.59 Å². The summed E-state index contributed by atoms with van der Waals surface area (Å²) in [4.78, 5) is 36.3. The minimum atomic E-state index is -0.287. The van der Waals surface area contributed by atoms with Gasteiger partial charge < -0.3 is 30.5 Å². The molecule has 0 unspecified atom stereocenters. The quantitative estimate of drug-likeness (QED) is 0.341. The largest absolute Gasteiger partial charge is 0.494 e. The normalized spacial score (nSPS) is 13.1. The summed E-state index contributed by atoms with van der Waals surface area (Å²) in [7, 11) is 1.62. The Morgan fingerprint density at radius 2 is 1.84 bits per heavy atom. The molecule has 37 heavy (non-hydrogen) atoms. The van der Waals surface area contributed by atoms with Crippen molar-refractivity contribution in [3.8, 4) is 5.75 Å². The first-order chi connectivity index (χ1) is 17.9. The maximum atomic E-state index is 11.6. The molecule has 10 nitrogen and oxygen atoms in total. The van der Waals surface area contributed by atoms with Crippen molar-refractivity contribution in [3.63, 3.8) is 0 Å². The van der Waals surface area contributed by atoms with E-state index in [1.54, 1.807) is 32.4 Å². The summed E-state index contributed by atoms with van der Waals surface area (Å²) in [5.74, 6) is 1.39. The van der Waals surface area contributed by atoms with E-state index in [2.05, 4.69) is 53.3 Å². The summed E-state index contributed by atoms with van der Waals surface area (Å²) in [5, 5.41) is 9.20. The molecule has 3 N–H and O–H groups in total. The summed E-state index contributed by atoms with van der Waals surface area (Å²) in [6.07, 6.45) is 2.87. The number of rotatable bonds is 8. The van der Waals surface area contributed by atoms with E-state index in [0.717, 1.165) is 30.2 Å². The van der Waals surface area contributed by atoms with E-state index in [1.807, 2.05) is 35.2 Å². The van der Waals surface area contributed by atoms with Gasteiger partial charge in [-0.25, -0.2) is 4.98 Å². The second kappa shape index (κ2) is 11.7. The monoisotopic (exact) mass is 565 g/mol. The van der Waals surface area contributed by atoms with Gasteiger partial charge in [0.05, 0.1) is 17.3 Å². The molecule has 11 heteroatoms. The van der Waals surface area contributed by atoms with Crippen molar-refractivity contribution >= 4 is 62.3 Å². The molecule has 1 aromatic heterocycles. The van der Waals surface area contributed by atoms with Crippen molar-refractivity contribution in [2.75, 3.05) is 54.1 Å². The van der Waals surface area contributed by atoms with Gasteiger partial charge in [-0.15, -0.1) is 0 Å². The van der Waals surface area contributed by atoms with E-state index < -0.39 is 0 Å². The zero-order chi connectivity index (χ0) is 26.4. The lowest BCUT2D eigenvalue weighted by atomic mass is 10.2. The summed E-state index contributed by atoms with van der Waals surface area (Å²) >= 11 is 3.49. The van der Waals surface area contributed by atoms with Crippen molar-refractivity contribution < 1.29 is 14.3 Å². The third-order valence-electron chi connectivity index (χ3n) is 5.84. The van der Waals surface area contributed by atoms with E-state index >= 15 is 0 Å². The van der Waals surface area contributed by atoms with Crippen LogP contribution in [-0.4, -0.2) is 60.0 Å². The smallest absolute Gasteiger partial charge is 0.247 e. The second-order valence-electron chi connectivity index (χ2n) is 8.29. The van der Waals surface area contributed by atoms with Crippen molar-refractivity contribution in [2.45, 2.75) is 6.92 Å². The van der Waals surface area contributed by atoms with Crippen LogP contribution in [0.2, 0.25) is 0 Å². The Labute approximate surface area is 223 Å². The van der Waals surface area contributed by atoms with Crippen LogP contribution in [0.15, 0.2) is 65.8 Å². The fraction of sp³-hybridized carbons (Fsp3) is 0.231. The van der Waals surface area contributed by atoms with Gasteiger partial charge >= 0.3 is 0 Å². The number of anilines is 6. The van der Waals surface area contributed by atoms with Gasteiger partial charge in [0.25, 0.3) is 0 Å². The Bertz CT molecular complexity index is 1310. The molecule has 2 amide bonds. The van der Waals surface area contributed by atoms with Crippen LogP contribution in [0.25, 0.3) is 0 Å². The molecule has 4 rings (SSSR count). The number of nitrogens with zero attached hydrogens (tertiary/aromatic N) is 4. The highest BCUT2D eigenvalue weighted by molar-refractivity contribution is 9.10. The number of benzene rings is 2. The van der Waals surface area contributed by atoms with Crippen LogP contribution in [0.4, 0.5) is 34.5 Å². The standard InChI is InChI=1S/C26H28BrN7O3/c1-4-24(36)29-18-6-5-7-19(14-18)30-25-21(27)16-28-26(32-25)31-22-9-8-20(15-23(22)37-3)34-12-10-33(11-13-34)17(2)35/h4-9,14-16H,1,10-13H2,2-3H3,(H,29,36)(H2,28,30,31,32). The molecule has 1 aliphatic heterocycles. The lowest BCUT2D eigenvalue weighted by Gasteiger charge is -2.35. The van der Waals surface area contributed by atoms with Crippen LogP contribution in [0.1, 0.15) is 6.92 Å². The number of hydrogen-bond acceptors (Lipinski definition) is 8. The molecule has 2 aromatic carbocycles. The van der Waals surface area contributed by atoms with E-state index in [4.69, 9.17) is 4.74 Å². The first-order valence-corrected chi connectivity index (χ1v) is 12.4. The van der Waals surface area contributed by atoms with Crippen molar-refractivity contribution in [3.05, 3.63) is 65.8 Å². The van der Waals surface area contributed by atoms with E-state index in [-0.39, 0.29) is 11.8 Å². The van der Waals surface area contributed by atoms with Crippen LogP contribution in [0, 0.1) is 0 Å². The molecule has 1 fully saturated rings. The summed E-state index contributed by atoms with van der Waals surface area (Å²) < 4.78 is 6.31. The van der Waals surface area contributed by atoms with Gasteiger partial charge in [0.15, 0.2) is 0 Å². The van der Waals surface area contributed by atoms with E-state index in [9.17, 15) is 9.59 Å². The van der Waals surface area contributed by atoms with Gasteiger partial charge in [-0.2, -0.15) is 4.98 Å². The zero-order valence-corrected chi connectivity index (χ0v) is 22.2. The molecule has 0 spiro atoms. The van der Waals surface area contributed by atoms with E-state index in [1.165, 1.54) is 6.08 Å². The van der Waals surface area contributed by atoms with Crippen LogP contribution in [0.3, 0.4) is 0 Å². The number of hydrogen-bond donors (Lipinski definition) is 3. The second-order valence-corrected chi connectivity index (χ2v) is 9.15. The number of ether oxygens (including phenoxy) is 1. The summed E-state index contributed by atoms with van der Waals surface area (Å²) in [5.41, 5.74) is 3.11. The predicted octanol–water partition coefficient (Wildman–Crippen LogP) is 4.53. The average molecular weight is 566 g/mol. The number of carbonyl (C=O) groups excluding carboxylic acids is 2. The molecule has 1 saturated heterocycles. The van der Waals surface area contributed by atoms with Gasteiger partial charge in [0, 0.05) is 62.4 Å². The van der Waals surface area contributed by atoms with Crippen LogP contribution in [0.5, 0.6) is 5.75 Å². The Hall–Kier alpha value is -4.12. The highest BCUT2D eigenvalue weighted by Crippen LogP contribution is 2.33. The molecule has 1 aliphatic rings. The minimum Gasteiger partial charge on any atom is -0.494 e. The number of aromatic nitrogens is 2. The van der Waals surface area contributed by atoms with E-state index in [0.29, 0.717) is 40.8 Å². The molecule has 0 aliphatic carbocycles. The molecule has 0 bridgehead atoms. The molecule has 0 radical (unpaired) electrons. The molecule has 0 saturated carbocycles. The summed E-state index contributed by atoms with van der Waals surface area (Å²) in [6.45, 7) is 7.99. The maximum Gasteiger partial charge on any atom is 0.247 e. The first kappa shape index (κ1) is 26.0. The predicted molar refractivity (Wildman–Crippen MR) is 149 cm³/mol. The number of piperazine rings is 1. The third-order valence-corrected chi connectivity index (χ3v) is 6.42. The lowest BCUT2D eigenvalue weighted by Crippen LogP contribution is -2.48. The zero-order valence-electron chi connectivity index (χ0n) is 20.6. The van der Waals surface area contributed by atoms with Crippen molar-refractivity contribution in [1.82, 2.24) is 14.9 Å². The molecule has 3 aromatic rings. The Morgan fingerprint density at radius 3 is 2.54 bits per heavy atom. The number of carbonyl (C=O) groups is 2.